The van der Waals surface area contributed by atoms with E-state index in [1.165, 1.54) is 44.9 Å². The molecule has 1 N–H and O–H groups in total. The number of amides is 3. The van der Waals surface area contributed by atoms with Crippen molar-refractivity contribution in [3.63, 3.8) is 0 Å². The van der Waals surface area contributed by atoms with Crippen LogP contribution in [0, 0.1) is 6.92 Å². The normalized spacial score (nSPS) is 16.9. The first kappa shape index (κ1) is 54.5. The Bertz CT molecular complexity index is 2440. The number of nitrogens with one attached hydrogen (secondary N) is 1. The lowest BCUT2D eigenvalue weighted by Crippen LogP contribution is -2.59. The van der Waals surface area contributed by atoms with Crippen molar-refractivity contribution in [1.82, 2.24) is 39.3 Å². The summed E-state index contributed by atoms with van der Waals surface area (Å²) in [6, 6.07) is 13.1. The van der Waals surface area contributed by atoms with Crippen LogP contribution >= 0.6 is 0 Å². The van der Waals surface area contributed by atoms with Gasteiger partial charge in [-0.05, 0) is 106 Å². The van der Waals surface area contributed by atoms with E-state index in [-0.39, 0.29) is 48.8 Å². The number of carbonyl (C=O) groups is 4. The molecule has 15 heteroatoms. The van der Waals surface area contributed by atoms with Crippen molar-refractivity contribution >= 4 is 45.7 Å². The molecule has 15 nitrogen and oxygen atoms in total. The topological polar surface area (TPSA) is 152 Å². The molecule has 7 rings (SSSR count). The van der Waals surface area contributed by atoms with E-state index in [4.69, 9.17) is 9.47 Å². The highest BCUT2D eigenvalue weighted by Crippen LogP contribution is 2.29. The van der Waals surface area contributed by atoms with E-state index in [1.54, 1.807) is 20.3 Å². The van der Waals surface area contributed by atoms with Gasteiger partial charge in [0.1, 0.15) is 6.04 Å². The van der Waals surface area contributed by atoms with E-state index < -0.39 is 6.04 Å². The van der Waals surface area contributed by atoms with E-state index in [1.807, 2.05) is 54.3 Å². The molecule has 0 unspecified atom stereocenters. The van der Waals surface area contributed by atoms with Gasteiger partial charge < -0.3 is 29.5 Å². The molecule has 0 aliphatic carbocycles. The van der Waals surface area contributed by atoms with Gasteiger partial charge in [-0.2, -0.15) is 5.10 Å². The van der Waals surface area contributed by atoms with Gasteiger partial charge in [-0.25, -0.2) is 9.48 Å². The van der Waals surface area contributed by atoms with Crippen molar-refractivity contribution in [1.29, 1.82) is 0 Å². The molecule has 3 saturated heterocycles. The van der Waals surface area contributed by atoms with Gasteiger partial charge in [-0.1, -0.05) is 109 Å². The summed E-state index contributed by atoms with van der Waals surface area (Å²) in [7, 11) is 2.17. The number of nitrogens with zero attached hydrogens (tertiary/aromatic N) is 7. The number of aromatic nitrogens is 3. The second-order valence-corrected chi connectivity index (χ2v) is 20.9. The molecule has 72 heavy (non-hydrogen) atoms. The number of rotatable bonds is 25. The van der Waals surface area contributed by atoms with Crippen molar-refractivity contribution in [3.8, 4) is 0 Å². The summed E-state index contributed by atoms with van der Waals surface area (Å²) < 4.78 is 14.6. The minimum Gasteiger partial charge on any atom is -0.444 e. The summed E-state index contributed by atoms with van der Waals surface area (Å²) in [5, 5.41) is 9.53. The molecule has 2 aromatic heterocycles. The average Bonchev–Trinajstić information content (AvgIpc) is 3.81. The fourth-order valence-corrected chi connectivity index (χ4v) is 11.2. The number of carbonyl (C=O) groups excluding carboxylic acids is 4. The molecular weight excluding hydrogens is 909 g/mol. The number of ether oxygens (including phenoxy) is 2. The summed E-state index contributed by atoms with van der Waals surface area (Å²) >= 11 is 0. The zero-order valence-corrected chi connectivity index (χ0v) is 44.1. The number of piperidine rings is 2. The molecule has 2 aromatic carbocycles. The van der Waals surface area contributed by atoms with E-state index >= 15 is 0 Å². The number of likely N-dealkylation sites (tertiary alicyclic amines) is 2. The van der Waals surface area contributed by atoms with Crippen molar-refractivity contribution in [2.75, 3.05) is 59.4 Å². The summed E-state index contributed by atoms with van der Waals surface area (Å²) in [6.45, 7) is 12.1. The fourth-order valence-electron chi connectivity index (χ4n) is 11.2. The van der Waals surface area contributed by atoms with E-state index in [2.05, 4.69) is 41.1 Å². The van der Waals surface area contributed by atoms with Crippen LogP contribution in [0.15, 0.2) is 53.5 Å². The number of fused-ring (bicyclic) bond motifs is 2. The van der Waals surface area contributed by atoms with Crippen molar-refractivity contribution in [2.24, 2.45) is 0 Å². The lowest BCUT2D eigenvalue weighted by molar-refractivity contribution is -0.148. The first-order chi connectivity index (χ1) is 35.0. The van der Waals surface area contributed by atoms with Crippen LogP contribution in [0.5, 0.6) is 0 Å². The Morgan fingerprint density at radius 1 is 0.694 bits per heavy atom. The number of pyridine rings is 1. The van der Waals surface area contributed by atoms with Crippen LogP contribution in [-0.2, 0) is 43.7 Å². The molecule has 5 heterocycles. The molecule has 0 radical (unpaired) electrons. The number of urea groups is 1. The quantitative estimate of drug-likeness (QED) is 0.0503. The minimum atomic E-state index is -0.805. The molecule has 3 aliphatic rings. The lowest BCUT2D eigenvalue weighted by atomic mass is 9.89. The van der Waals surface area contributed by atoms with Gasteiger partial charge in [0.2, 0.25) is 5.91 Å². The summed E-state index contributed by atoms with van der Waals surface area (Å²) in [6.07, 6.45) is 20.5. The van der Waals surface area contributed by atoms with Crippen LogP contribution in [0.2, 0.25) is 0 Å². The van der Waals surface area contributed by atoms with Gasteiger partial charge in [0.25, 0.3) is 5.56 Å². The monoisotopic (exact) mass is 993 g/mol. The highest BCUT2D eigenvalue weighted by molar-refractivity contribution is 5.88. The first-order valence-corrected chi connectivity index (χ1v) is 27.7. The molecule has 0 bridgehead atoms. The Kier molecular flexibility index (Phi) is 21.0. The van der Waals surface area contributed by atoms with Gasteiger partial charge >= 0.3 is 18.0 Å². The SMILES string of the molecule is CCCCCCCCCC(=O)OCn1c(=O)c(C2CCN(C(=O)N[C@H](Cc3cc(C)c4c(cnn4COC(=O)CCCCCCCC)c3)C(=O)N3CCN(C4CCN(C)CC4)CC3)CC2)cc2ccccc21. The number of unbranched alkanes of at least 4 members (excludes halogenated alkanes) is 11. The van der Waals surface area contributed by atoms with E-state index in [0.717, 1.165) is 105 Å². The third-order valence-corrected chi connectivity index (χ3v) is 15.5. The fraction of sp³-hybridized carbons (Fsp3) is 0.649. The number of piperazine rings is 1. The number of para-hydroxylation sites is 1. The van der Waals surface area contributed by atoms with Crippen LogP contribution in [0.1, 0.15) is 158 Å². The molecule has 0 saturated carbocycles. The van der Waals surface area contributed by atoms with Gasteiger partial charge in [-0.3, -0.25) is 28.6 Å². The Balaban J connectivity index is 0.993. The van der Waals surface area contributed by atoms with Gasteiger partial charge in [0.15, 0.2) is 13.5 Å². The molecule has 4 aromatic rings. The van der Waals surface area contributed by atoms with Crippen molar-refractivity contribution in [2.45, 2.75) is 181 Å². The zero-order valence-electron chi connectivity index (χ0n) is 44.1. The van der Waals surface area contributed by atoms with Crippen molar-refractivity contribution in [3.05, 3.63) is 75.7 Å². The third kappa shape index (κ3) is 15.1. The average molecular weight is 993 g/mol. The highest BCUT2D eigenvalue weighted by atomic mass is 16.5. The molecule has 0 spiro atoms. The van der Waals surface area contributed by atoms with Crippen LogP contribution in [-0.4, -0.2) is 129 Å². The maximum Gasteiger partial charge on any atom is 0.318 e. The molecule has 3 aliphatic heterocycles. The van der Waals surface area contributed by atoms with Crippen LogP contribution in [0.4, 0.5) is 4.79 Å². The molecule has 1 atom stereocenters. The Morgan fingerprint density at radius 3 is 1.96 bits per heavy atom. The van der Waals surface area contributed by atoms with Crippen molar-refractivity contribution < 1.29 is 28.7 Å². The molecule has 394 valence electrons. The smallest absolute Gasteiger partial charge is 0.318 e. The highest BCUT2D eigenvalue weighted by Gasteiger charge is 2.34. The number of benzene rings is 2. The predicted octanol–water partition coefficient (Wildman–Crippen LogP) is 9.29. The van der Waals surface area contributed by atoms with Crippen LogP contribution < -0.4 is 10.9 Å². The predicted molar refractivity (Wildman–Crippen MR) is 284 cm³/mol. The number of hydrogen-bond donors (Lipinski definition) is 1. The number of esters is 2. The Morgan fingerprint density at radius 2 is 1.31 bits per heavy atom. The van der Waals surface area contributed by atoms with Gasteiger partial charge in [-0.15, -0.1) is 0 Å². The molecule has 3 amide bonds. The zero-order chi connectivity index (χ0) is 50.8. The van der Waals surface area contributed by atoms with E-state index in [0.29, 0.717) is 75.4 Å². The minimum absolute atomic E-state index is 0.0293. The molecular formula is C57H84N8O7. The first-order valence-electron chi connectivity index (χ1n) is 27.7. The maximum absolute atomic E-state index is 14.6. The van der Waals surface area contributed by atoms with Gasteiger partial charge in [0.05, 0.1) is 17.2 Å². The Labute approximate surface area is 427 Å². The van der Waals surface area contributed by atoms with Crippen LogP contribution in [0.3, 0.4) is 0 Å². The van der Waals surface area contributed by atoms with E-state index in [9.17, 15) is 24.0 Å². The molecule has 3 fully saturated rings. The van der Waals surface area contributed by atoms with Gasteiger partial charge in [0, 0.05) is 75.5 Å². The third-order valence-electron chi connectivity index (χ3n) is 15.5. The Hall–Kier alpha value is -5.28. The summed E-state index contributed by atoms with van der Waals surface area (Å²) in [4.78, 5) is 77.2. The second-order valence-electron chi connectivity index (χ2n) is 20.9. The second kappa shape index (κ2) is 27.7. The summed E-state index contributed by atoms with van der Waals surface area (Å²) in [5.41, 5.74) is 3.90. The standard InChI is InChI=1S/C57H84N8O7/c1-5-7-9-11-13-15-17-22-52(66)71-41-64-51-21-19-18-20-46(51)39-49(55(64)68)45-24-30-63(31-25-45)57(70)59-50(56(69)62-34-32-61(33-35-62)48-26-28-60(4)29-27-48)38-44-36-43(3)54-47(37-44)40-58-65(54)42-72-53(67)23-16-14-12-10-8-6-2/h18-21,36-37,39-40,45,48,50H,5-17,22-35,38,41-42H2,1-4H3,(H,59,70)/t50-/m1/s1. The largest absolute Gasteiger partial charge is 0.444 e. The maximum atomic E-state index is 14.6. The number of aryl methyl sites for hydroxylation is 1. The lowest BCUT2D eigenvalue weighted by Gasteiger charge is -2.43. The number of hydrogen-bond acceptors (Lipinski definition) is 10. The summed E-state index contributed by atoms with van der Waals surface area (Å²) in [5.74, 6) is -0.709. The van der Waals surface area contributed by atoms with Crippen LogP contribution in [0.25, 0.3) is 21.8 Å².